The number of halogens is 3. The summed E-state index contributed by atoms with van der Waals surface area (Å²) in [5, 5.41) is 12.5. The summed E-state index contributed by atoms with van der Waals surface area (Å²) in [6.45, 7) is 0. The number of hydrogen-bond acceptors (Lipinski definition) is 4. The second-order valence-corrected chi connectivity index (χ2v) is 5.97. The molecule has 0 aliphatic carbocycles. The molecule has 2 aromatic carbocycles. The van der Waals surface area contributed by atoms with Crippen molar-refractivity contribution in [2.45, 2.75) is 18.2 Å². The Kier molecular flexibility index (Phi) is 5.41. The van der Waals surface area contributed by atoms with Crippen LogP contribution >= 0.6 is 0 Å². The molecule has 0 aliphatic heterocycles. The van der Waals surface area contributed by atoms with Crippen LogP contribution in [0.2, 0.25) is 0 Å². The SMILES string of the molecule is O=C(CC(O)(c1ccco1)C(F)(F)F)Nc1ccccc1Oc1ccccc1. The Morgan fingerprint density at radius 3 is 2.32 bits per heavy atom. The van der Waals surface area contributed by atoms with Crippen molar-refractivity contribution in [3.05, 3.63) is 78.8 Å². The Labute approximate surface area is 158 Å². The second kappa shape index (κ2) is 7.77. The third-order valence-electron chi connectivity index (χ3n) is 3.95. The maximum absolute atomic E-state index is 13.4. The lowest BCUT2D eigenvalue weighted by Gasteiger charge is -2.28. The van der Waals surface area contributed by atoms with E-state index in [1.54, 1.807) is 48.5 Å². The van der Waals surface area contributed by atoms with Gasteiger partial charge in [-0.3, -0.25) is 4.79 Å². The van der Waals surface area contributed by atoms with Crippen LogP contribution in [0.4, 0.5) is 18.9 Å². The molecule has 3 aromatic rings. The molecule has 0 radical (unpaired) electrons. The number of anilines is 1. The molecule has 0 aliphatic rings. The summed E-state index contributed by atoms with van der Waals surface area (Å²) >= 11 is 0. The molecule has 1 aromatic heterocycles. The van der Waals surface area contributed by atoms with E-state index >= 15 is 0 Å². The number of benzene rings is 2. The molecule has 5 nitrogen and oxygen atoms in total. The Morgan fingerprint density at radius 1 is 1.00 bits per heavy atom. The fraction of sp³-hybridized carbons (Fsp3) is 0.150. The normalized spacial score (nSPS) is 13.6. The summed E-state index contributed by atoms with van der Waals surface area (Å²) in [5.74, 6) is -1.08. The summed E-state index contributed by atoms with van der Waals surface area (Å²) in [5.41, 5.74) is -3.28. The van der Waals surface area contributed by atoms with Gasteiger partial charge in [0.05, 0.1) is 18.4 Å². The Bertz CT molecular complexity index is 926. The Morgan fingerprint density at radius 2 is 1.68 bits per heavy atom. The summed E-state index contributed by atoms with van der Waals surface area (Å²) in [6.07, 6.45) is -5.39. The van der Waals surface area contributed by atoms with E-state index in [0.717, 1.165) is 12.3 Å². The zero-order valence-electron chi connectivity index (χ0n) is 14.4. The fourth-order valence-electron chi connectivity index (χ4n) is 2.54. The molecule has 0 spiro atoms. The molecule has 28 heavy (non-hydrogen) atoms. The highest BCUT2D eigenvalue weighted by Crippen LogP contribution is 2.42. The van der Waals surface area contributed by atoms with Gasteiger partial charge in [0.25, 0.3) is 0 Å². The predicted octanol–water partition coefficient (Wildman–Crippen LogP) is 4.85. The molecule has 1 heterocycles. The highest BCUT2D eigenvalue weighted by Gasteiger charge is 2.58. The van der Waals surface area contributed by atoms with E-state index in [0.29, 0.717) is 5.75 Å². The molecule has 146 valence electrons. The van der Waals surface area contributed by atoms with Crippen LogP contribution < -0.4 is 10.1 Å². The molecule has 2 N–H and O–H groups in total. The van der Waals surface area contributed by atoms with Crippen LogP contribution in [-0.4, -0.2) is 17.2 Å². The maximum Gasteiger partial charge on any atom is 0.425 e. The lowest BCUT2D eigenvalue weighted by atomic mass is 9.95. The van der Waals surface area contributed by atoms with Crippen molar-refractivity contribution in [1.82, 2.24) is 0 Å². The van der Waals surface area contributed by atoms with Gasteiger partial charge in [-0.25, -0.2) is 0 Å². The number of alkyl halides is 3. The van der Waals surface area contributed by atoms with E-state index in [2.05, 4.69) is 5.32 Å². The number of furan rings is 1. The third kappa shape index (κ3) is 4.17. The number of para-hydroxylation sites is 3. The number of carbonyl (C=O) groups is 1. The third-order valence-corrected chi connectivity index (χ3v) is 3.95. The highest BCUT2D eigenvalue weighted by molar-refractivity contribution is 5.93. The van der Waals surface area contributed by atoms with E-state index in [-0.39, 0.29) is 11.4 Å². The standard InChI is InChI=1S/C20H16F3NO4/c21-20(22,23)19(26,17-11-6-12-27-17)13-18(25)24-15-9-4-5-10-16(15)28-14-7-2-1-3-8-14/h1-12,26H,13H2,(H,24,25). The average Bonchev–Trinajstić information content (AvgIpc) is 3.18. The van der Waals surface area contributed by atoms with Gasteiger partial charge in [0.1, 0.15) is 11.5 Å². The van der Waals surface area contributed by atoms with Gasteiger partial charge < -0.3 is 19.6 Å². The molecule has 0 saturated heterocycles. The van der Waals surface area contributed by atoms with Gasteiger partial charge in [0.2, 0.25) is 11.5 Å². The minimum Gasteiger partial charge on any atom is -0.466 e. The van der Waals surface area contributed by atoms with Crippen molar-refractivity contribution < 1.29 is 32.2 Å². The smallest absolute Gasteiger partial charge is 0.425 e. The average molecular weight is 391 g/mol. The van der Waals surface area contributed by atoms with Crippen LogP contribution in [0, 0.1) is 0 Å². The number of rotatable bonds is 6. The van der Waals surface area contributed by atoms with Crippen molar-refractivity contribution >= 4 is 11.6 Å². The number of aliphatic hydroxyl groups is 1. The van der Waals surface area contributed by atoms with Gasteiger partial charge in [-0.15, -0.1) is 0 Å². The first-order valence-electron chi connectivity index (χ1n) is 8.24. The minimum atomic E-state index is -5.11. The summed E-state index contributed by atoms with van der Waals surface area (Å²) in [6, 6.07) is 17.1. The largest absolute Gasteiger partial charge is 0.466 e. The zero-order chi connectivity index (χ0) is 20.2. The van der Waals surface area contributed by atoms with Crippen LogP contribution in [0.15, 0.2) is 77.4 Å². The van der Waals surface area contributed by atoms with Crippen molar-refractivity contribution in [3.63, 3.8) is 0 Å². The number of ether oxygens (including phenoxy) is 1. The molecule has 1 unspecified atom stereocenters. The summed E-state index contributed by atoms with van der Waals surface area (Å²) in [4.78, 5) is 12.3. The highest BCUT2D eigenvalue weighted by atomic mass is 19.4. The van der Waals surface area contributed by atoms with E-state index in [1.807, 2.05) is 0 Å². The fourth-order valence-corrected chi connectivity index (χ4v) is 2.54. The molecule has 0 fully saturated rings. The molecule has 1 atom stereocenters. The number of hydrogen-bond donors (Lipinski definition) is 2. The van der Waals surface area contributed by atoms with Crippen LogP contribution in [0.3, 0.4) is 0 Å². The molecule has 8 heteroatoms. The van der Waals surface area contributed by atoms with E-state index < -0.39 is 29.9 Å². The van der Waals surface area contributed by atoms with Gasteiger partial charge in [-0.05, 0) is 36.4 Å². The van der Waals surface area contributed by atoms with E-state index in [4.69, 9.17) is 9.15 Å². The van der Waals surface area contributed by atoms with Gasteiger partial charge in [0, 0.05) is 0 Å². The lowest BCUT2D eigenvalue weighted by Crippen LogP contribution is -2.44. The number of carbonyl (C=O) groups excluding carboxylic acids is 1. The van der Waals surface area contributed by atoms with Gasteiger partial charge in [-0.1, -0.05) is 30.3 Å². The quantitative estimate of drug-likeness (QED) is 0.630. The zero-order valence-corrected chi connectivity index (χ0v) is 14.4. The Hall–Kier alpha value is -3.26. The van der Waals surface area contributed by atoms with Crippen molar-refractivity contribution in [2.24, 2.45) is 0 Å². The molecule has 0 saturated carbocycles. The number of amides is 1. The second-order valence-electron chi connectivity index (χ2n) is 5.97. The van der Waals surface area contributed by atoms with Crippen LogP contribution in [0.1, 0.15) is 12.2 Å². The van der Waals surface area contributed by atoms with Crippen molar-refractivity contribution in [1.29, 1.82) is 0 Å². The molecular weight excluding hydrogens is 375 g/mol. The first kappa shape index (κ1) is 19.5. The van der Waals surface area contributed by atoms with E-state index in [1.165, 1.54) is 12.1 Å². The van der Waals surface area contributed by atoms with E-state index in [9.17, 15) is 23.1 Å². The summed E-state index contributed by atoms with van der Waals surface area (Å²) in [7, 11) is 0. The molecular formula is C20H16F3NO4. The maximum atomic E-state index is 13.4. The van der Waals surface area contributed by atoms with Gasteiger partial charge in [-0.2, -0.15) is 13.2 Å². The molecule has 1 amide bonds. The minimum absolute atomic E-state index is 0.167. The Balaban J connectivity index is 1.80. The van der Waals surface area contributed by atoms with Crippen LogP contribution in [0.25, 0.3) is 0 Å². The van der Waals surface area contributed by atoms with Crippen LogP contribution in [0.5, 0.6) is 11.5 Å². The number of nitrogens with one attached hydrogen (secondary N) is 1. The van der Waals surface area contributed by atoms with Gasteiger partial charge >= 0.3 is 6.18 Å². The first-order valence-corrected chi connectivity index (χ1v) is 8.24. The molecule has 0 bridgehead atoms. The molecule has 3 rings (SSSR count). The van der Waals surface area contributed by atoms with Crippen LogP contribution in [-0.2, 0) is 10.4 Å². The van der Waals surface area contributed by atoms with Crippen molar-refractivity contribution in [3.8, 4) is 11.5 Å². The monoisotopic (exact) mass is 391 g/mol. The van der Waals surface area contributed by atoms with Gasteiger partial charge in [0.15, 0.2) is 5.75 Å². The first-order chi connectivity index (χ1) is 13.3. The lowest BCUT2D eigenvalue weighted by molar-refractivity contribution is -0.272. The predicted molar refractivity (Wildman–Crippen MR) is 94.9 cm³/mol. The topological polar surface area (TPSA) is 71.7 Å². The van der Waals surface area contributed by atoms with Crippen molar-refractivity contribution in [2.75, 3.05) is 5.32 Å². The summed E-state index contributed by atoms with van der Waals surface area (Å²) < 4.78 is 50.6.